The third kappa shape index (κ3) is 3.25. The van der Waals surface area contributed by atoms with Crippen LogP contribution in [0.3, 0.4) is 0 Å². The van der Waals surface area contributed by atoms with Gasteiger partial charge in [-0.15, -0.1) is 0 Å². The molecule has 0 atom stereocenters. The summed E-state index contributed by atoms with van der Waals surface area (Å²) in [5, 5.41) is 11.8. The van der Waals surface area contributed by atoms with Crippen molar-refractivity contribution in [3.8, 4) is 22.3 Å². The van der Waals surface area contributed by atoms with E-state index in [2.05, 4.69) is 140 Å². The summed E-state index contributed by atoms with van der Waals surface area (Å²) < 4.78 is 12.9. The summed E-state index contributed by atoms with van der Waals surface area (Å²) in [4.78, 5) is 0. The van der Waals surface area contributed by atoms with E-state index in [0.29, 0.717) is 0 Å². The van der Waals surface area contributed by atoms with E-state index in [1.807, 2.05) is 6.07 Å². The molecule has 0 fully saturated rings. The first kappa shape index (κ1) is 23.7. The Hall–Kier alpha value is -5.86. The molecule has 0 bridgehead atoms. The standard InChI is InChI=1S/C42H24O2/c1-2-11-26-24-39-36(22-25(26)10-1)35-23-27(20-21-38(35)43-39)40-29-13-3-5-15-31(29)41(32-16-6-4-14-30(32)40)34-18-9-17-33-28-12-7-8-19-37(28)44-42(33)34/h1-24H. The number of para-hydroxylation sites is 2. The lowest BCUT2D eigenvalue weighted by Crippen LogP contribution is -1.91. The molecular formula is C42H24O2. The largest absolute Gasteiger partial charge is 0.456 e. The molecule has 8 aromatic carbocycles. The minimum Gasteiger partial charge on any atom is -0.456 e. The van der Waals surface area contributed by atoms with Crippen molar-refractivity contribution < 1.29 is 8.83 Å². The monoisotopic (exact) mass is 560 g/mol. The van der Waals surface area contributed by atoms with E-state index in [1.165, 1.54) is 49.0 Å². The maximum absolute atomic E-state index is 6.55. The van der Waals surface area contributed by atoms with Crippen LogP contribution in [0.15, 0.2) is 154 Å². The smallest absolute Gasteiger partial charge is 0.143 e. The number of hydrogen-bond donors (Lipinski definition) is 0. The molecule has 0 saturated carbocycles. The van der Waals surface area contributed by atoms with Crippen LogP contribution in [0.2, 0.25) is 0 Å². The minimum absolute atomic E-state index is 0.904. The van der Waals surface area contributed by atoms with E-state index < -0.39 is 0 Å². The fraction of sp³-hybridized carbons (Fsp3) is 0. The van der Waals surface area contributed by atoms with Crippen LogP contribution in [0.4, 0.5) is 0 Å². The Kier molecular flexibility index (Phi) is 4.75. The summed E-state index contributed by atoms with van der Waals surface area (Å²) in [6, 6.07) is 51.9. The lowest BCUT2D eigenvalue weighted by atomic mass is 9.85. The highest BCUT2D eigenvalue weighted by atomic mass is 16.3. The van der Waals surface area contributed by atoms with E-state index in [1.54, 1.807) is 0 Å². The molecule has 0 unspecified atom stereocenters. The molecule has 0 amide bonds. The van der Waals surface area contributed by atoms with Gasteiger partial charge in [0, 0.05) is 32.7 Å². The second-order valence-electron chi connectivity index (χ2n) is 11.6. The van der Waals surface area contributed by atoms with Crippen molar-refractivity contribution in [2.75, 3.05) is 0 Å². The van der Waals surface area contributed by atoms with Gasteiger partial charge in [0.25, 0.3) is 0 Å². The van der Waals surface area contributed by atoms with E-state index in [9.17, 15) is 0 Å². The SMILES string of the molecule is c1ccc2cc3c(cc2c1)oc1ccc(-c2c4ccccc4c(-c4cccc5c4oc4ccccc45)c4ccccc24)cc13. The van der Waals surface area contributed by atoms with E-state index in [4.69, 9.17) is 8.83 Å². The van der Waals surface area contributed by atoms with Crippen LogP contribution in [-0.4, -0.2) is 0 Å². The molecule has 2 aromatic heterocycles. The van der Waals surface area contributed by atoms with E-state index >= 15 is 0 Å². The molecule has 0 aliphatic carbocycles. The van der Waals surface area contributed by atoms with Gasteiger partial charge in [0.2, 0.25) is 0 Å². The molecule has 2 heterocycles. The van der Waals surface area contributed by atoms with Crippen molar-refractivity contribution in [2.24, 2.45) is 0 Å². The highest BCUT2D eigenvalue weighted by Gasteiger charge is 2.20. The summed E-state index contributed by atoms with van der Waals surface area (Å²) in [6.45, 7) is 0. The number of fused-ring (bicyclic) bond motifs is 9. The second kappa shape index (κ2) is 8.82. The number of benzene rings is 8. The van der Waals surface area contributed by atoms with Crippen molar-refractivity contribution in [1.82, 2.24) is 0 Å². The molecule has 0 N–H and O–H groups in total. The molecule has 10 aromatic rings. The van der Waals surface area contributed by atoms with Gasteiger partial charge in [0.15, 0.2) is 0 Å². The molecule has 0 spiro atoms. The minimum atomic E-state index is 0.904. The third-order valence-corrected chi connectivity index (χ3v) is 9.23. The Morgan fingerprint density at radius 1 is 0.318 bits per heavy atom. The maximum atomic E-state index is 6.55. The zero-order valence-electron chi connectivity index (χ0n) is 23.7. The molecule has 10 rings (SSSR count). The van der Waals surface area contributed by atoms with Crippen LogP contribution in [0, 0.1) is 0 Å². The predicted octanol–water partition coefficient (Wildman–Crippen LogP) is 12.3. The van der Waals surface area contributed by atoms with Gasteiger partial charge in [-0.3, -0.25) is 0 Å². The van der Waals surface area contributed by atoms with Crippen LogP contribution < -0.4 is 0 Å². The van der Waals surface area contributed by atoms with Crippen LogP contribution in [0.25, 0.3) is 98.4 Å². The van der Waals surface area contributed by atoms with Crippen molar-refractivity contribution in [2.45, 2.75) is 0 Å². The van der Waals surface area contributed by atoms with Gasteiger partial charge in [0.1, 0.15) is 22.3 Å². The highest BCUT2D eigenvalue weighted by molar-refractivity contribution is 6.25. The first-order valence-electron chi connectivity index (χ1n) is 15.0. The summed E-state index contributed by atoms with van der Waals surface area (Å²) in [7, 11) is 0. The maximum Gasteiger partial charge on any atom is 0.143 e. The Labute approximate surface area is 252 Å². The quantitative estimate of drug-likeness (QED) is 0.197. The number of rotatable bonds is 2. The molecule has 0 saturated heterocycles. The lowest BCUT2D eigenvalue weighted by molar-refractivity contribution is 0.669. The van der Waals surface area contributed by atoms with Crippen molar-refractivity contribution in [3.63, 3.8) is 0 Å². The molecule has 2 nitrogen and oxygen atoms in total. The Morgan fingerprint density at radius 3 is 1.64 bits per heavy atom. The molecule has 0 radical (unpaired) electrons. The zero-order valence-corrected chi connectivity index (χ0v) is 23.7. The Balaban J connectivity index is 1.30. The normalized spacial score (nSPS) is 12.1. The Morgan fingerprint density at radius 2 is 0.886 bits per heavy atom. The van der Waals surface area contributed by atoms with Crippen molar-refractivity contribution >= 4 is 76.2 Å². The topological polar surface area (TPSA) is 26.3 Å². The van der Waals surface area contributed by atoms with Gasteiger partial charge in [-0.1, -0.05) is 115 Å². The lowest BCUT2D eigenvalue weighted by Gasteiger charge is -2.18. The zero-order chi connectivity index (χ0) is 28.8. The predicted molar refractivity (Wildman–Crippen MR) is 184 cm³/mol. The Bertz CT molecular complexity index is 2720. The summed E-state index contributed by atoms with van der Waals surface area (Å²) in [5.74, 6) is 0. The fourth-order valence-corrected chi connectivity index (χ4v) is 7.29. The molecule has 0 aliphatic heterocycles. The van der Waals surface area contributed by atoms with Gasteiger partial charge < -0.3 is 8.83 Å². The highest BCUT2D eigenvalue weighted by Crippen LogP contribution is 2.47. The van der Waals surface area contributed by atoms with Crippen molar-refractivity contribution in [1.29, 1.82) is 0 Å². The van der Waals surface area contributed by atoms with Gasteiger partial charge in [-0.2, -0.15) is 0 Å². The molecule has 2 heteroatoms. The summed E-state index contributed by atoms with van der Waals surface area (Å²) in [5.41, 5.74) is 8.37. The van der Waals surface area contributed by atoms with Gasteiger partial charge >= 0.3 is 0 Å². The van der Waals surface area contributed by atoms with Gasteiger partial charge in [-0.25, -0.2) is 0 Å². The summed E-state index contributed by atoms with van der Waals surface area (Å²) >= 11 is 0. The molecule has 44 heavy (non-hydrogen) atoms. The third-order valence-electron chi connectivity index (χ3n) is 9.23. The fourth-order valence-electron chi connectivity index (χ4n) is 7.29. The summed E-state index contributed by atoms with van der Waals surface area (Å²) in [6.07, 6.45) is 0. The molecule has 0 aliphatic rings. The van der Waals surface area contributed by atoms with E-state index in [0.717, 1.165) is 49.4 Å². The van der Waals surface area contributed by atoms with Crippen LogP contribution >= 0.6 is 0 Å². The van der Waals surface area contributed by atoms with Gasteiger partial charge in [-0.05, 0) is 73.8 Å². The van der Waals surface area contributed by atoms with Crippen LogP contribution in [-0.2, 0) is 0 Å². The van der Waals surface area contributed by atoms with Crippen molar-refractivity contribution in [3.05, 3.63) is 146 Å². The van der Waals surface area contributed by atoms with E-state index in [-0.39, 0.29) is 0 Å². The van der Waals surface area contributed by atoms with Crippen LogP contribution in [0.5, 0.6) is 0 Å². The number of hydrogen-bond acceptors (Lipinski definition) is 2. The first-order chi connectivity index (χ1) is 21.8. The molecular weight excluding hydrogens is 536 g/mol. The van der Waals surface area contributed by atoms with Crippen LogP contribution in [0.1, 0.15) is 0 Å². The average molecular weight is 561 g/mol. The first-order valence-corrected chi connectivity index (χ1v) is 15.0. The molecule has 204 valence electrons. The average Bonchev–Trinajstić information content (AvgIpc) is 3.64. The number of furan rings is 2. The second-order valence-corrected chi connectivity index (χ2v) is 11.6. The van der Waals surface area contributed by atoms with Gasteiger partial charge in [0.05, 0.1) is 0 Å².